The molecule has 0 saturated heterocycles. The van der Waals surface area contributed by atoms with E-state index in [1.807, 2.05) is 21.1 Å². The van der Waals surface area contributed by atoms with Gasteiger partial charge in [0.25, 0.3) is 0 Å². The molecule has 0 aliphatic heterocycles. The van der Waals surface area contributed by atoms with Gasteiger partial charge in [0.1, 0.15) is 12.6 Å². The summed E-state index contributed by atoms with van der Waals surface area (Å²) >= 11 is 4.98. The molecular formula is C6H15Cl2NO3. The smallest absolute Gasteiger partial charge is 0.116 e. The van der Waals surface area contributed by atoms with E-state index in [0.29, 0.717) is 12.4 Å². The van der Waals surface area contributed by atoms with E-state index in [0.717, 1.165) is 4.48 Å². The Balaban J connectivity index is 0. The van der Waals surface area contributed by atoms with Gasteiger partial charge in [-0.05, 0) is 0 Å². The van der Waals surface area contributed by atoms with Gasteiger partial charge in [0.05, 0.1) is 38.3 Å². The van der Waals surface area contributed by atoms with Crippen molar-refractivity contribution in [2.24, 2.45) is 0 Å². The molecule has 0 fully saturated rings. The number of aliphatic hydroxyl groups excluding tert-OH is 1. The molecule has 0 heterocycles. The van der Waals surface area contributed by atoms with Crippen molar-refractivity contribution >= 4 is 11.6 Å². The Kier molecular flexibility index (Phi) is 9.99. The molecule has 12 heavy (non-hydrogen) atoms. The molecule has 4 nitrogen and oxygen atoms in total. The zero-order chi connectivity index (χ0) is 10.2. The highest BCUT2D eigenvalue weighted by molar-refractivity contribution is 6.18. The van der Waals surface area contributed by atoms with Crippen LogP contribution < -0.4 is 9.32 Å². The molecule has 0 aliphatic carbocycles. The van der Waals surface area contributed by atoms with E-state index in [1.165, 1.54) is 0 Å². The number of hydrogen-bond acceptors (Lipinski definition) is 3. The van der Waals surface area contributed by atoms with Gasteiger partial charge in [0, 0.05) is 0 Å². The first kappa shape index (κ1) is 14.9. The molecule has 0 aromatic carbocycles. The summed E-state index contributed by atoms with van der Waals surface area (Å²) in [5, 5.41) is 9.05. The SMILES string of the molecule is C[N+](C)(C)CC(O)CCl.[O-][Cl+][O-]. The van der Waals surface area contributed by atoms with E-state index in [-0.39, 0.29) is 6.10 Å². The van der Waals surface area contributed by atoms with Crippen molar-refractivity contribution in [3.63, 3.8) is 0 Å². The maximum absolute atomic E-state index is 9.05. The number of quaternary nitrogens is 1. The average Bonchev–Trinajstić information content (AvgIpc) is 1.86. The van der Waals surface area contributed by atoms with Crippen LogP contribution in [0.15, 0.2) is 0 Å². The van der Waals surface area contributed by atoms with Crippen LogP contribution in [-0.2, 0) is 0 Å². The summed E-state index contributed by atoms with van der Waals surface area (Å²) < 4.78 is 17.2. The molecule has 0 aromatic rings. The third-order valence-electron chi connectivity index (χ3n) is 0.937. The van der Waals surface area contributed by atoms with Crippen molar-refractivity contribution in [2.45, 2.75) is 6.10 Å². The van der Waals surface area contributed by atoms with Gasteiger partial charge in [-0.3, -0.25) is 0 Å². The minimum atomic E-state index is -0.417. The molecule has 0 bridgehead atoms. The highest BCUT2D eigenvalue weighted by Crippen LogP contribution is 1.95. The van der Waals surface area contributed by atoms with Crippen molar-refractivity contribution in [3.05, 3.63) is 0 Å². The second-order valence-electron chi connectivity index (χ2n) is 3.34. The van der Waals surface area contributed by atoms with Crippen LogP contribution in [0, 0.1) is 11.3 Å². The fourth-order valence-electron chi connectivity index (χ4n) is 0.681. The summed E-state index contributed by atoms with van der Waals surface area (Å²) in [5.41, 5.74) is 0. The number of likely N-dealkylation sites (N-methyl/N-ethyl adjacent to an activating group) is 1. The molecule has 0 saturated carbocycles. The van der Waals surface area contributed by atoms with Crippen molar-refractivity contribution in [1.82, 2.24) is 0 Å². The number of aliphatic hydroxyl groups is 1. The Morgan fingerprint density at radius 2 is 1.75 bits per heavy atom. The van der Waals surface area contributed by atoms with Gasteiger partial charge in [-0.1, -0.05) is 0 Å². The van der Waals surface area contributed by atoms with Gasteiger partial charge in [-0.15, -0.1) is 11.6 Å². The lowest BCUT2D eigenvalue weighted by atomic mass is 10.3. The van der Waals surface area contributed by atoms with Crippen LogP contribution in [0.2, 0.25) is 0 Å². The van der Waals surface area contributed by atoms with Crippen LogP contribution >= 0.6 is 11.6 Å². The number of rotatable bonds is 3. The largest absolute Gasteiger partial charge is 0.544 e. The summed E-state index contributed by atoms with van der Waals surface area (Å²) in [6, 6.07) is 0. The predicted molar refractivity (Wildman–Crippen MR) is 39.6 cm³/mol. The molecule has 6 heteroatoms. The molecule has 0 amide bonds. The van der Waals surface area contributed by atoms with Crippen LogP contribution in [0.1, 0.15) is 0 Å². The molecule has 0 aliphatic rings. The maximum atomic E-state index is 9.05. The summed E-state index contributed by atoms with van der Waals surface area (Å²) in [5.74, 6) is 0.329. The fourth-order valence-corrected chi connectivity index (χ4v) is 0.779. The quantitative estimate of drug-likeness (QED) is 0.438. The lowest BCUT2D eigenvalue weighted by molar-refractivity contribution is -1.41. The zero-order valence-corrected chi connectivity index (χ0v) is 8.97. The highest BCUT2D eigenvalue weighted by Gasteiger charge is 2.13. The molecule has 0 spiro atoms. The molecule has 0 rings (SSSR count). The summed E-state index contributed by atoms with van der Waals surface area (Å²) in [6.45, 7) is 0.712. The summed E-state index contributed by atoms with van der Waals surface area (Å²) in [6.07, 6.45) is -0.369. The Morgan fingerprint density at radius 1 is 1.42 bits per heavy atom. The fraction of sp³-hybridized carbons (Fsp3) is 1.00. The molecule has 1 atom stereocenters. The molecular weight excluding hydrogens is 205 g/mol. The van der Waals surface area contributed by atoms with Gasteiger partial charge in [0.2, 0.25) is 0 Å². The van der Waals surface area contributed by atoms with Gasteiger partial charge in [-0.2, -0.15) is 0 Å². The van der Waals surface area contributed by atoms with Crippen molar-refractivity contribution in [1.29, 1.82) is 0 Å². The van der Waals surface area contributed by atoms with Crippen LogP contribution in [0.4, 0.5) is 0 Å². The Hall–Kier alpha value is 0.420. The number of hydrogen-bond donors (Lipinski definition) is 1. The Labute approximate surface area is 82.0 Å². The zero-order valence-electron chi connectivity index (χ0n) is 7.46. The molecule has 0 aromatic heterocycles. The first-order chi connectivity index (χ1) is 5.37. The maximum Gasteiger partial charge on any atom is 0.116 e. The van der Waals surface area contributed by atoms with Crippen LogP contribution in [0.3, 0.4) is 0 Å². The highest BCUT2D eigenvalue weighted by atomic mass is 35.6. The van der Waals surface area contributed by atoms with Crippen LogP contribution in [0.5, 0.6) is 0 Å². The van der Waals surface area contributed by atoms with Crippen molar-refractivity contribution in [2.75, 3.05) is 33.6 Å². The van der Waals surface area contributed by atoms with Crippen LogP contribution in [-0.4, -0.2) is 49.3 Å². The normalized spacial score (nSPS) is 13.2. The summed E-state index contributed by atoms with van der Waals surface area (Å²) in [7, 11) is 6.07. The van der Waals surface area contributed by atoms with Gasteiger partial charge < -0.3 is 18.9 Å². The topological polar surface area (TPSA) is 66.3 Å². The number of nitrogens with zero attached hydrogens (tertiary/aromatic N) is 1. The minimum Gasteiger partial charge on any atom is -0.544 e. The molecule has 0 radical (unpaired) electrons. The van der Waals surface area contributed by atoms with E-state index in [9.17, 15) is 0 Å². The van der Waals surface area contributed by atoms with Crippen molar-refractivity contribution in [3.8, 4) is 0 Å². The first-order valence-electron chi connectivity index (χ1n) is 3.31. The van der Waals surface area contributed by atoms with E-state index in [2.05, 4.69) is 0 Å². The Morgan fingerprint density at radius 3 is 1.83 bits per heavy atom. The minimum absolute atomic E-state index is 0.329. The second-order valence-corrected chi connectivity index (χ2v) is 3.78. The van der Waals surface area contributed by atoms with Gasteiger partial charge >= 0.3 is 0 Å². The van der Waals surface area contributed by atoms with E-state index in [4.69, 9.17) is 26.0 Å². The summed E-state index contributed by atoms with van der Waals surface area (Å²) in [4.78, 5) is 0. The second kappa shape index (κ2) is 8.04. The molecule has 1 N–H and O–H groups in total. The Bertz CT molecular complexity index is 97.3. The third-order valence-corrected chi connectivity index (χ3v) is 1.29. The predicted octanol–water partition coefficient (Wildman–Crippen LogP) is -2.09. The first-order valence-corrected chi connectivity index (χ1v) is 4.46. The van der Waals surface area contributed by atoms with E-state index < -0.39 is 11.3 Å². The third kappa shape index (κ3) is 16.8. The van der Waals surface area contributed by atoms with Gasteiger partial charge in [0.15, 0.2) is 0 Å². The number of alkyl halides is 1. The average molecular weight is 220 g/mol. The standard InChI is InChI=1S/C6H15ClNO.ClO2/c1-8(2,3)5-6(9)4-7;2-1-3/h6,9H,4-5H2,1-3H3;/q+1;-1. The van der Waals surface area contributed by atoms with E-state index >= 15 is 0 Å². The lowest BCUT2D eigenvalue weighted by Crippen LogP contribution is -2.41. The monoisotopic (exact) mass is 219 g/mol. The molecule has 76 valence electrons. The molecule has 1 unspecified atom stereocenters. The van der Waals surface area contributed by atoms with E-state index in [1.54, 1.807) is 0 Å². The lowest BCUT2D eigenvalue weighted by Gasteiger charge is -2.25. The van der Waals surface area contributed by atoms with Gasteiger partial charge in [-0.25, -0.2) is 0 Å². The number of halogens is 2. The van der Waals surface area contributed by atoms with Crippen LogP contribution in [0.25, 0.3) is 0 Å². The van der Waals surface area contributed by atoms with Crippen molar-refractivity contribution < 1.29 is 30.2 Å².